The van der Waals surface area contributed by atoms with Crippen LogP contribution in [-0.2, 0) is 11.3 Å². The lowest BCUT2D eigenvalue weighted by molar-refractivity contribution is 0.0154. The molecule has 0 saturated carbocycles. The molecule has 1 aromatic heterocycles. The Morgan fingerprint density at radius 3 is 2.93 bits per heavy atom. The number of hydrogen-bond acceptors (Lipinski definition) is 2. The second-order valence-electron chi connectivity index (χ2n) is 4.60. The Morgan fingerprint density at radius 1 is 1.53 bits per heavy atom. The number of hydrogen-bond donors (Lipinski definition) is 0. The first-order valence-corrected chi connectivity index (χ1v) is 5.42. The van der Waals surface area contributed by atoms with Crippen molar-refractivity contribution in [1.29, 1.82) is 0 Å². The molecule has 0 spiro atoms. The number of aldehydes is 1. The predicted octanol–water partition coefficient (Wildman–Crippen LogP) is 2.12. The molecule has 2 heterocycles. The van der Waals surface area contributed by atoms with Crippen molar-refractivity contribution in [3.8, 4) is 0 Å². The first kappa shape index (κ1) is 10.4. The van der Waals surface area contributed by atoms with E-state index in [2.05, 4.69) is 6.92 Å². The molecule has 1 aliphatic heterocycles. The largest absolute Gasteiger partial charge is 0.381 e. The maximum absolute atomic E-state index is 10.8. The van der Waals surface area contributed by atoms with Crippen molar-refractivity contribution in [2.24, 2.45) is 5.41 Å². The highest BCUT2D eigenvalue weighted by Crippen LogP contribution is 2.31. The molecule has 0 bridgehead atoms. The van der Waals surface area contributed by atoms with Crippen LogP contribution in [-0.4, -0.2) is 24.1 Å². The van der Waals surface area contributed by atoms with E-state index in [9.17, 15) is 4.79 Å². The minimum absolute atomic E-state index is 0.273. The van der Waals surface area contributed by atoms with Gasteiger partial charge in [0.2, 0.25) is 0 Å². The third-order valence-corrected chi connectivity index (χ3v) is 3.24. The summed E-state index contributed by atoms with van der Waals surface area (Å²) in [5, 5.41) is 0. The SMILES string of the molecule is CC1(Cn2cccc2C=O)CCOCC1. The lowest BCUT2D eigenvalue weighted by Gasteiger charge is -2.34. The van der Waals surface area contributed by atoms with E-state index in [1.165, 1.54) is 0 Å². The van der Waals surface area contributed by atoms with Crippen molar-refractivity contribution in [1.82, 2.24) is 4.57 Å². The van der Waals surface area contributed by atoms with Gasteiger partial charge in [-0.3, -0.25) is 4.79 Å². The Balaban J connectivity index is 2.09. The summed E-state index contributed by atoms with van der Waals surface area (Å²) in [6.45, 7) is 4.86. The number of carbonyl (C=O) groups excluding carboxylic acids is 1. The molecule has 0 N–H and O–H groups in total. The van der Waals surface area contributed by atoms with Crippen LogP contribution in [0.3, 0.4) is 0 Å². The van der Waals surface area contributed by atoms with Gasteiger partial charge in [0.25, 0.3) is 0 Å². The van der Waals surface area contributed by atoms with Gasteiger partial charge in [-0.15, -0.1) is 0 Å². The van der Waals surface area contributed by atoms with E-state index in [4.69, 9.17) is 4.74 Å². The summed E-state index contributed by atoms with van der Waals surface area (Å²) < 4.78 is 7.40. The van der Waals surface area contributed by atoms with Gasteiger partial charge in [0.15, 0.2) is 6.29 Å². The molecule has 0 unspecified atom stereocenters. The van der Waals surface area contributed by atoms with Crippen LogP contribution < -0.4 is 0 Å². The van der Waals surface area contributed by atoms with Crippen molar-refractivity contribution in [2.45, 2.75) is 26.3 Å². The highest BCUT2D eigenvalue weighted by Gasteiger charge is 2.28. The van der Waals surface area contributed by atoms with Crippen LogP contribution in [0.15, 0.2) is 18.3 Å². The van der Waals surface area contributed by atoms with Crippen molar-refractivity contribution >= 4 is 6.29 Å². The normalized spacial score (nSPS) is 20.1. The smallest absolute Gasteiger partial charge is 0.166 e. The van der Waals surface area contributed by atoms with E-state index in [-0.39, 0.29) is 5.41 Å². The van der Waals surface area contributed by atoms with Crippen LogP contribution in [0.2, 0.25) is 0 Å². The zero-order chi connectivity index (χ0) is 10.7. The summed E-state index contributed by atoms with van der Waals surface area (Å²) >= 11 is 0. The van der Waals surface area contributed by atoms with Crippen LogP contribution in [0.25, 0.3) is 0 Å². The van der Waals surface area contributed by atoms with Crippen LogP contribution in [0, 0.1) is 5.41 Å². The molecule has 1 aliphatic rings. The molecule has 82 valence electrons. The van der Waals surface area contributed by atoms with Gasteiger partial charge in [-0.2, -0.15) is 0 Å². The summed E-state index contributed by atoms with van der Waals surface area (Å²) in [7, 11) is 0. The van der Waals surface area contributed by atoms with Crippen LogP contribution in [0.1, 0.15) is 30.3 Å². The third-order valence-electron chi connectivity index (χ3n) is 3.24. The summed E-state index contributed by atoms with van der Waals surface area (Å²) in [5.41, 5.74) is 1.04. The maximum Gasteiger partial charge on any atom is 0.166 e. The van der Waals surface area contributed by atoms with Crippen molar-refractivity contribution in [2.75, 3.05) is 13.2 Å². The molecule has 0 radical (unpaired) electrons. The Kier molecular flexibility index (Phi) is 2.91. The Bertz CT molecular complexity index is 337. The quantitative estimate of drug-likeness (QED) is 0.711. The van der Waals surface area contributed by atoms with Crippen LogP contribution in [0.4, 0.5) is 0 Å². The van der Waals surface area contributed by atoms with E-state index in [0.717, 1.165) is 44.6 Å². The molecular weight excluding hydrogens is 190 g/mol. The first-order valence-electron chi connectivity index (χ1n) is 5.42. The van der Waals surface area contributed by atoms with Gasteiger partial charge < -0.3 is 9.30 Å². The standard InChI is InChI=1S/C12H17NO2/c1-12(4-7-15-8-5-12)10-13-6-2-3-11(13)9-14/h2-3,6,9H,4-5,7-8,10H2,1H3. The highest BCUT2D eigenvalue weighted by atomic mass is 16.5. The van der Waals surface area contributed by atoms with E-state index in [0.29, 0.717) is 0 Å². The molecule has 3 nitrogen and oxygen atoms in total. The van der Waals surface area contributed by atoms with Gasteiger partial charge in [0.1, 0.15) is 0 Å². The number of rotatable bonds is 3. The van der Waals surface area contributed by atoms with E-state index < -0.39 is 0 Å². The van der Waals surface area contributed by atoms with E-state index in [1.54, 1.807) is 0 Å². The molecule has 3 heteroatoms. The molecule has 1 fully saturated rings. The zero-order valence-corrected chi connectivity index (χ0v) is 9.11. The predicted molar refractivity (Wildman–Crippen MR) is 58.0 cm³/mol. The number of ether oxygens (including phenoxy) is 1. The minimum Gasteiger partial charge on any atom is -0.381 e. The van der Waals surface area contributed by atoms with E-state index >= 15 is 0 Å². The van der Waals surface area contributed by atoms with Crippen LogP contribution in [0.5, 0.6) is 0 Å². The maximum atomic E-state index is 10.8. The van der Waals surface area contributed by atoms with E-state index in [1.807, 2.05) is 22.9 Å². The molecule has 1 saturated heterocycles. The molecule has 1 aromatic rings. The van der Waals surface area contributed by atoms with Crippen molar-refractivity contribution in [3.63, 3.8) is 0 Å². The lowest BCUT2D eigenvalue weighted by atomic mass is 9.82. The number of aromatic nitrogens is 1. The van der Waals surface area contributed by atoms with Crippen molar-refractivity contribution < 1.29 is 9.53 Å². The summed E-state index contributed by atoms with van der Waals surface area (Å²) in [4.78, 5) is 10.8. The third kappa shape index (κ3) is 2.29. The topological polar surface area (TPSA) is 31.2 Å². The fourth-order valence-electron chi connectivity index (χ4n) is 2.11. The summed E-state index contributed by atoms with van der Waals surface area (Å²) in [5.74, 6) is 0. The Hall–Kier alpha value is -1.09. The first-order chi connectivity index (χ1) is 7.23. The lowest BCUT2D eigenvalue weighted by Crippen LogP contribution is -2.31. The van der Waals surface area contributed by atoms with Crippen LogP contribution >= 0.6 is 0 Å². The number of nitrogens with zero attached hydrogens (tertiary/aromatic N) is 1. The fourth-order valence-corrected chi connectivity index (χ4v) is 2.11. The van der Waals surface area contributed by atoms with Crippen molar-refractivity contribution in [3.05, 3.63) is 24.0 Å². The molecule has 0 aliphatic carbocycles. The van der Waals surface area contributed by atoms with Gasteiger partial charge >= 0.3 is 0 Å². The molecule has 2 rings (SSSR count). The molecule has 15 heavy (non-hydrogen) atoms. The minimum atomic E-state index is 0.273. The highest BCUT2D eigenvalue weighted by molar-refractivity contribution is 5.72. The van der Waals surface area contributed by atoms with Gasteiger partial charge in [0, 0.05) is 26.0 Å². The van der Waals surface area contributed by atoms with Gasteiger partial charge in [-0.25, -0.2) is 0 Å². The average Bonchev–Trinajstić information content (AvgIpc) is 2.65. The number of carbonyl (C=O) groups is 1. The average molecular weight is 207 g/mol. The second-order valence-corrected chi connectivity index (χ2v) is 4.60. The molecule has 0 aromatic carbocycles. The zero-order valence-electron chi connectivity index (χ0n) is 9.11. The molecule has 0 atom stereocenters. The van der Waals surface area contributed by atoms with Gasteiger partial charge in [-0.05, 0) is 30.4 Å². The van der Waals surface area contributed by atoms with Gasteiger partial charge in [0.05, 0.1) is 5.69 Å². The monoisotopic (exact) mass is 207 g/mol. The Morgan fingerprint density at radius 2 is 2.27 bits per heavy atom. The molecular formula is C12H17NO2. The Labute approximate surface area is 90.0 Å². The second kappa shape index (κ2) is 4.19. The summed E-state index contributed by atoms with van der Waals surface area (Å²) in [6, 6.07) is 3.78. The molecule has 0 amide bonds. The summed E-state index contributed by atoms with van der Waals surface area (Å²) in [6.07, 6.45) is 5.04. The fraction of sp³-hybridized carbons (Fsp3) is 0.583. The van der Waals surface area contributed by atoms with Gasteiger partial charge in [-0.1, -0.05) is 6.92 Å².